The number of carbonyl (C=O) groups excluding carboxylic acids is 2. The van der Waals surface area contributed by atoms with Crippen LogP contribution >= 0.6 is 11.8 Å². The van der Waals surface area contributed by atoms with Crippen LogP contribution in [-0.2, 0) is 4.79 Å². The highest BCUT2D eigenvalue weighted by Crippen LogP contribution is 2.33. The lowest BCUT2D eigenvalue weighted by atomic mass is 10.1. The van der Waals surface area contributed by atoms with Gasteiger partial charge < -0.3 is 10.4 Å². The number of hydrogen-bond donors (Lipinski definition) is 2. The highest BCUT2D eigenvalue weighted by molar-refractivity contribution is 8.00. The van der Waals surface area contributed by atoms with Gasteiger partial charge in [-0.2, -0.15) is 0 Å². The van der Waals surface area contributed by atoms with Gasteiger partial charge in [-0.15, -0.1) is 11.8 Å². The van der Waals surface area contributed by atoms with Crippen LogP contribution < -0.4 is 5.32 Å². The number of rotatable bonds is 3. The molecule has 0 radical (unpaired) electrons. The van der Waals surface area contributed by atoms with Crippen LogP contribution in [0.5, 0.6) is 5.75 Å². The van der Waals surface area contributed by atoms with Crippen molar-refractivity contribution in [1.82, 2.24) is 10.2 Å². The van der Waals surface area contributed by atoms with Crippen LogP contribution in [0.2, 0.25) is 0 Å². The molecular formula is C15H14N2O3S. The van der Waals surface area contributed by atoms with Gasteiger partial charge in [0.05, 0.1) is 5.75 Å². The molecule has 3 rings (SSSR count). The molecule has 2 N–H and O–H groups in total. The number of nitrogens with one attached hydrogen (secondary N) is 1. The molecule has 0 saturated carbocycles. The summed E-state index contributed by atoms with van der Waals surface area (Å²) < 4.78 is 0. The van der Waals surface area contributed by atoms with E-state index in [1.807, 2.05) is 24.3 Å². The Bertz CT molecular complexity index is 717. The van der Waals surface area contributed by atoms with Gasteiger partial charge in [-0.05, 0) is 17.5 Å². The number of urea groups is 1. The second kappa shape index (κ2) is 5.65. The number of phenolic OH excluding ortho intramolecular Hbond substituents is 1. The highest BCUT2D eigenvalue weighted by Gasteiger charge is 2.25. The lowest BCUT2D eigenvalue weighted by molar-refractivity contribution is -0.124. The number of aromatic hydroxyl groups is 1. The quantitative estimate of drug-likeness (QED) is 0.853. The Morgan fingerprint density at radius 2 is 2.00 bits per heavy atom. The molecule has 3 amide bonds. The van der Waals surface area contributed by atoms with Crippen molar-refractivity contribution in [1.29, 1.82) is 0 Å². The molecule has 1 fully saturated rings. The van der Waals surface area contributed by atoms with Crippen molar-refractivity contribution in [3.8, 4) is 5.75 Å². The zero-order valence-electron chi connectivity index (χ0n) is 11.2. The highest BCUT2D eigenvalue weighted by atomic mass is 32.2. The minimum absolute atomic E-state index is 0.197. The summed E-state index contributed by atoms with van der Waals surface area (Å²) in [7, 11) is 0. The fourth-order valence-electron chi connectivity index (χ4n) is 2.31. The van der Waals surface area contributed by atoms with E-state index in [4.69, 9.17) is 0 Å². The number of phenols is 1. The fraction of sp³-hybridized carbons (Fsp3) is 0.200. The molecule has 0 atom stereocenters. The van der Waals surface area contributed by atoms with Crippen molar-refractivity contribution >= 4 is 34.5 Å². The summed E-state index contributed by atoms with van der Waals surface area (Å²) in [5, 5.41) is 14.1. The van der Waals surface area contributed by atoms with Gasteiger partial charge in [0.15, 0.2) is 0 Å². The molecule has 0 unspecified atom stereocenters. The van der Waals surface area contributed by atoms with Crippen molar-refractivity contribution in [2.24, 2.45) is 0 Å². The smallest absolute Gasteiger partial charge is 0.324 e. The standard InChI is InChI=1S/C15H14N2O3S/c18-12-5-6-13(11-4-2-1-3-10(11)12)21-9-14(19)17-8-7-16-15(17)20/h1-6,18H,7-9H2,(H,16,20). The molecule has 0 aromatic heterocycles. The van der Waals surface area contributed by atoms with Crippen molar-refractivity contribution in [3.05, 3.63) is 36.4 Å². The lowest BCUT2D eigenvalue weighted by Gasteiger charge is -2.12. The largest absolute Gasteiger partial charge is 0.507 e. The van der Waals surface area contributed by atoms with E-state index in [0.29, 0.717) is 13.1 Å². The first-order valence-corrected chi connectivity index (χ1v) is 7.57. The van der Waals surface area contributed by atoms with Gasteiger partial charge in [-0.3, -0.25) is 9.69 Å². The molecule has 0 spiro atoms. The SMILES string of the molecule is O=C(CSc1ccc(O)c2ccccc12)N1CCNC1=O. The first-order valence-electron chi connectivity index (χ1n) is 6.58. The zero-order chi connectivity index (χ0) is 14.8. The summed E-state index contributed by atoms with van der Waals surface area (Å²) in [6, 6.07) is 10.6. The van der Waals surface area contributed by atoms with Crippen LogP contribution in [0.1, 0.15) is 0 Å². The van der Waals surface area contributed by atoms with E-state index in [1.54, 1.807) is 12.1 Å². The Morgan fingerprint density at radius 3 is 2.71 bits per heavy atom. The number of fused-ring (bicyclic) bond motifs is 1. The molecule has 1 heterocycles. The number of amides is 3. The zero-order valence-corrected chi connectivity index (χ0v) is 12.0. The first-order chi connectivity index (χ1) is 10.2. The average Bonchev–Trinajstić information content (AvgIpc) is 2.93. The van der Waals surface area contributed by atoms with Crippen LogP contribution in [0.25, 0.3) is 10.8 Å². The molecule has 0 aliphatic carbocycles. The molecule has 0 bridgehead atoms. The molecule has 2 aromatic carbocycles. The summed E-state index contributed by atoms with van der Waals surface area (Å²) >= 11 is 1.37. The Labute approximate surface area is 125 Å². The van der Waals surface area contributed by atoms with E-state index < -0.39 is 0 Å². The third kappa shape index (κ3) is 2.67. The van der Waals surface area contributed by atoms with E-state index >= 15 is 0 Å². The molecule has 1 aliphatic heterocycles. The van der Waals surface area contributed by atoms with E-state index in [1.165, 1.54) is 16.7 Å². The number of nitrogens with zero attached hydrogens (tertiary/aromatic N) is 1. The second-order valence-electron chi connectivity index (χ2n) is 4.69. The summed E-state index contributed by atoms with van der Waals surface area (Å²) in [6.45, 7) is 0.936. The number of carbonyl (C=O) groups is 2. The van der Waals surface area contributed by atoms with Gasteiger partial charge in [0.2, 0.25) is 5.91 Å². The minimum Gasteiger partial charge on any atom is -0.507 e. The molecule has 6 heteroatoms. The molecular weight excluding hydrogens is 288 g/mol. The number of hydrogen-bond acceptors (Lipinski definition) is 4. The van der Waals surface area contributed by atoms with Crippen molar-refractivity contribution in [2.75, 3.05) is 18.8 Å². The Hall–Kier alpha value is -2.21. The van der Waals surface area contributed by atoms with Crippen LogP contribution in [0.4, 0.5) is 4.79 Å². The maximum absolute atomic E-state index is 12.0. The molecule has 5 nitrogen and oxygen atoms in total. The Morgan fingerprint density at radius 1 is 1.24 bits per heavy atom. The Kier molecular flexibility index (Phi) is 3.70. The van der Waals surface area contributed by atoms with Crippen molar-refractivity contribution in [3.63, 3.8) is 0 Å². The first kappa shape index (κ1) is 13.8. The monoisotopic (exact) mass is 302 g/mol. The minimum atomic E-state index is -0.323. The van der Waals surface area contributed by atoms with Gasteiger partial charge >= 0.3 is 6.03 Å². The summed E-state index contributed by atoms with van der Waals surface area (Å²) in [6.07, 6.45) is 0. The van der Waals surface area contributed by atoms with E-state index in [0.717, 1.165) is 15.7 Å². The summed E-state index contributed by atoms with van der Waals surface area (Å²) in [5.41, 5.74) is 0. The van der Waals surface area contributed by atoms with Crippen LogP contribution in [0, 0.1) is 0 Å². The second-order valence-corrected chi connectivity index (χ2v) is 5.71. The van der Waals surface area contributed by atoms with Crippen molar-refractivity contribution in [2.45, 2.75) is 4.90 Å². The molecule has 2 aromatic rings. The number of thioether (sulfide) groups is 1. The van der Waals surface area contributed by atoms with Crippen LogP contribution in [0.3, 0.4) is 0 Å². The van der Waals surface area contributed by atoms with Gasteiger partial charge in [0.1, 0.15) is 5.75 Å². The predicted molar refractivity (Wildman–Crippen MR) is 81.4 cm³/mol. The average molecular weight is 302 g/mol. The normalized spacial score (nSPS) is 14.5. The van der Waals surface area contributed by atoms with Gasteiger partial charge in [0, 0.05) is 23.4 Å². The predicted octanol–water partition coefficient (Wildman–Crippen LogP) is 2.19. The molecule has 1 saturated heterocycles. The molecule has 1 aliphatic rings. The maximum Gasteiger partial charge on any atom is 0.324 e. The maximum atomic E-state index is 12.0. The van der Waals surface area contributed by atoms with Gasteiger partial charge in [-0.25, -0.2) is 4.79 Å². The van der Waals surface area contributed by atoms with Gasteiger partial charge in [0.25, 0.3) is 0 Å². The molecule has 21 heavy (non-hydrogen) atoms. The van der Waals surface area contributed by atoms with E-state index in [9.17, 15) is 14.7 Å². The summed E-state index contributed by atoms with van der Waals surface area (Å²) in [5.74, 6) is 0.217. The Balaban J connectivity index is 1.78. The fourth-order valence-corrected chi connectivity index (χ4v) is 3.24. The summed E-state index contributed by atoms with van der Waals surface area (Å²) in [4.78, 5) is 25.6. The van der Waals surface area contributed by atoms with Crippen molar-refractivity contribution < 1.29 is 14.7 Å². The lowest BCUT2D eigenvalue weighted by Crippen LogP contribution is -2.35. The van der Waals surface area contributed by atoms with Crippen LogP contribution in [-0.4, -0.2) is 40.8 Å². The van der Waals surface area contributed by atoms with E-state index in [2.05, 4.69) is 5.32 Å². The van der Waals surface area contributed by atoms with E-state index in [-0.39, 0.29) is 23.4 Å². The number of benzene rings is 2. The number of imide groups is 1. The topological polar surface area (TPSA) is 69.6 Å². The van der Waals surface area contributed by atoms with Gasteiger partial charge in [-0.1, -0.05) is 24.3 Å². The third-order valence-corrected chi connectivity index (χ3v) is 4.43. The molecule has 108 valence electrons. The van der Waals surface area contributed by atoms with Crippen LogP contribution in [0.15, 0.2) is 41.3 Å². The third-order valence-electron chi connectivity index (χ3n) is 3.37.